The summed E-state index contributed by atoms with van der Waals surface area (Å²) in [7, 11) is 1.71. The van der Waals surface area contributed by atoms with Gasteiger partial charge < -0.3 is 9.47 Å². The second-order valence-corrected chi connectivity index (χ2v) is 6.04. The Bertz CT molecular complexity index is 249. The molecule has 2 heteroatoms. The lowest BCUT2D eigenvalue weighted by molar-refractivity contribution is -0.177. The highest BCUT2D eigenvalue weighted by atomic mass is 16.7. The van der Waals surface area contributed by atoms with Crippen LogP contribution in [0.15, 0.2) is 0 Å². The van der Waals surface area contributed by atoms with Crippen LogP contribution in [0, 0.1) is 16.7 Å². The van der Waals surface area contributed by atoms with E-state index >= 15 is 0 Å². The first-order valence-corrected chi connectivity index (χ1v) is 6.10. The van der Waals surface area contributed by atoms with Crippen LogP contribution in [0.3, 0.4) is 0 Å². The van der Waals surface area contributed by atoms with Gasteiger partial charge in [0.05, 0.1) is 6.10 Å². The summed E-state index contributed by atoms with van der Waals surface area (Å²) in [5.74, 6) is 0.844. The van der Waals surface area contributed by atoms with Crippen LogP contribution in [0.1, 0.15) is 47.0 Å². The third-order valence-electron chi connectivity index (χ3n) is 5.40. The minimum Gasteiger partial charge on any atom is -0.356 e. The average molecular weight is 212 g/mol. The van der Waals surface area contributed by atoms with E-state index in [-0.39, 0.29) is 6.29 Å². The maximum absolute atomic E-state index is 6.01. The van der Waals surface area contributed by atoms with Crippen molar-refractivity contribution in [3.63, 3.8) is 0 Å². The molecule has 0 amide bonds. The first-order valence-electron chi connectivity index (χ1n) is 6.10. The van der Waals surface area contributed by atoms with E-state index in [1.807, 2.05) is 6.92 Å². The molecule has 2 saturated carbocycles. The SMILES string of the molecule is COC(C)OC1CC2CCC1(C)C2(C)C. The van der Waals surface area contributed by atoms with Gasteiger partial charge in [-0.05, 0) is 42.9 Å². The van der Waals surface area contributed by atoms with Gasteiger partial charge in [-0.15, -0.1) is 0 Å². The quantitative estimate of drug-likeness (QED) is 0.669. The van der Waals surface area contributed by atoms with Crippen molar-refractivity contribution in [3.8, 4) is 0 Å². The predicted octanol–water partition coefficient (Wildman–Crippen LogP) is 3.21. The van der Waals surface area contributed by atoms with Gasteiger partial charge in [-0.25, -0.2) is 0 Å². The van der Waals surface area contributed by atoms with Crippen molar-refractivity contribution in [2.75, 3.05) is 7.11 Å². The van der Waals surface area contributed by atoms with Gasteiger partial charge in [0, 0.05) is 7.11 Å². The van der Waals surface area contributed by atoms with Gasteiger partial charge in [0.25, 0.3) is 0 Å². The van der Waals surface area contributed by atoms with Crippen LogP contribution in [0.5, 0.6) is 0 Å². The van der Waals surface area contributed by atoms with Crippen LogP contribution in [-0.2, 0) is 9.47 Å². The Balaban J connectivity index is 2.12. The summed E-state index contributed by atoms with van der Waals surface area (Å²) in [5, 5.41) is 0. The van der Waals surface area contributed by atoms with Gasteiger partial charge in [0.1, 0.15) is 0 Å². The van der Waals surface area contributed by atoms with E-state index in [0.717, 1.165) is 5.92 Å². The van der Waals surface area contributed by atoms with Crippen LogP contribution < -0.4 is 0 Å². The third kappa shape index (κ3) is 1.45. The van der Waals surface area contributed by atoms with Crippen LogP contribution in [0.4, 0.5) is 0 Å². The lowest BCUT2D eigenvalue weighted by atomic mass is 9.70. The Morgan fingerprint density at radius 3 is 2.33 bits per heavy atom. The molecule has 2 fully saturated rings. The van der Waals surface area contributed by atoms with E-state index in [2.05, 4.69) is 20.8 Å². The smallest absolute Gasteiger partial charge is 0.154 e. The van der Waals surface area contributed by atoms with Gasteiger partial charge in [0.2, 0.25) is 0 Å². The molecule has 0 spiro atoms. The van der Waals surface area contributed by atoms with Crippen molar-refractivity contribution in [1.29, 1.82) is 0 Å². The molecule has 2 rings (SSSR count). The molecule has 2 aliphatic carbocycles. The lowest BCUT2D eigenvalue weighted by Crippen LogP contribution is -2.39. The normalized spacial score (nSPS) is 44.6. The van der Waals surface area contributed by atoms with Crippen molar-refractivity contribution in [1.82, 2.24) is 0 Å². The van der Waals surface area contributed by atoms with E-state index in [1.54, 1.807) is 7.11 Å². The molecule has 0 aromatic carbocycles. The van der Waals surface area contributed by atoms with E-state index in [9.17, 15) is 0 Å². The molecular formula is C13H24O2. The van der Waals surface area contributed by atoms with Crippen molar-refractivity contribution < 1.29 is 9.47 Å². The molecular weight excluding hydrogens is 188 g/mol. The molecule has 0 aliphatic heterocycles. The van der Waals surface area contributed by atoms with Gasteiger partial charge in [-0.1, -0.05) is 20.8 Å². The number of hydrogen-bond donors (Lipinski definition) is 0. The highest BCUT2D eigenvalue weighted by molar-refractivity contribution is 5.11. The number of rotatable bonds is 3. The highest BCUT2D eigenvalue weighted by Gasteiger charge is 2.62. The third-order valence-corrected chi connectivity index (χ3v) is 5.40. The lowest BCUT2D eigenvalue weighted by Gasteiger charge is -2.39. The molecule has 15 heavy (non-hydrogen) atoms. The first-order chi connectivity index (χ1) is 6.91. The summed E-state index contributed by atoms with van der Waals surface area (Å²) >= 11 is 0. The van der Waals surface area contributed by atoms with Gasteiger partial charge in [-0.3, -0.25) is 0 Å². The Hall–Kier alpha value is -0.0800. The minimum atomic E-state index is -0.0676. The van der Waals surface area contributed by atoms with Gasteiger partial charge in [-0.2, -0.15) is 0 Å². The molecule has 0 heterocycles. The fourth-order valence-corrected chi connectivity index (χ4v) is 3.62. The summed E-state index contributed by atoms with van der Waals surface area (Å²) < 4.78 is 11.2. The van der Waals surface area contributed by atoms with Crippen molar-refractivity contribution in [3.05, 3.63) is 0 Å². The number of fused-ring (bicyclic) bond motifs is 2. The van der Waals surface area contributed by atoms with Crippen molar-refractivity contribution >= 4 is 0 Å². The summed E-state index contributed by atoms with van der Waals surface area (Å²) in [5.41, 5.74) is 0.787. The number of hydrogen-bond acceptors (Lipinski definition) is 2. The van der Waals surface area contributed by atoms with Gasteiger partial charge >= 0.3 is 0 Å². The molecule has 2 aliphatic rings. The molecule has 0 aromatic rings. The Morgan fingerprint density at radius 2 is 1.93 bits per heavy atom. The molecule has 0 saturated heterocycles. The van der Waals surface area contributed by atoms with E-state index in [1.165, 1.54) is 19.3 Å². The van der Waals surface area contributed by atoms with Gasteiger partial charge in [0.15, 0.2) is 6.29 Å². The molecule has 0 aromatic heterocycles. The molecule has 0 N–H and O–H groups in total. The average Bonchev–Trinajstić information content (AvgIpc) is 2.50. The van der Waals surface area contributed by atoms with Crippen LogP contribution in [-0.4, -0.2) is 19.5 Å². The summed E-state index contributed by atoms with van der Waals surface area (Å²) in [6.07, 6.45) is 4.23. The second-order valence-electron chi connectivity index (χ2n) is 6.04. The molecule has 4 unspecified atom stereocenters. The minimum absolute atomic E-state index is 0.0676. The van der Waals surface area contributed by atoms with E-state index in [0.29, 0.717) is 16.9 Å². The summed E-state index contributed by atoms with van der Waals surface area (Å²) in [6.45, 7) is 9.20. The number of methoxy groups -OCH3 is 1. The fourth-order valence-electron chi connectivity index (χ4n) is 3.62. The maximum Gasteiger partial charge on any atom is 0.154 e. The Kier molecular flexibility index (Phi) is 2.63. The van der Waals surface area contributed by atoms with E-state index < -0.39 is 0 Å². The monoisotopic (exact) mass is 212 g/mol. The summed E-state index contributed by atoms with van der Waals surface area (Å²) in [4.78, 5) is 0. The van der Waals surface area contributed by atoms with E-state index in [4.69, 9.17) is 9.47 Å². The Labute approximate surface area is 93.3 Å². The topological polar surface area (TPSA) is 18.5 Å². The second kappa shape index (κ2) is 3.46. The maximum atomic E-state index is 6.01. The largest absolute Gasteiger partial charge is 0.356 e. The molecule has 2 nitrogen and oxygen atoms in total. The zero-order chi connectivity index (χ0) is 11.3. The number of ether oxygens (including phenoxy) is 2. The van der Waals surface area contributed by atoms with Crippen LogP contribution in [0.25, 0.3) is 0 Å². The van der Waals surface area contributed by atoms with Crippen molar-refractivity contribution in [2.24, 2.45) is 16.7 Å². The molecule has 0 radical (unpaired) electrons. The zero-order valence-electron chi connectivity index (χ0n) is 10.7. The molecule has 2 bridgehead atoms. The summed E-state index contributed by atoms with van der Waals surface area (Å²) in [6, 6.07) is 0. The predicted molar refractivity (Wildman–Crippen MR) is 60.6 cm³/mol. The van der Waals surface area contributed by atoms with Crippen molar-refractivity contribution in [2.45, 2.75) is 59.4 Å². The fraction of sp³-hybridized carbons (Fsp3) is 1.00. The zero-order valence-corrected chi connectivity index (χ0v) is 10.7. The first kappa shape index (κ1) is 11.4. The van der Waals surface area contributed by atoms with Crippen LogP contribution >= 0.6 is 0 Å². The molecule has 4 atom stereocenters. The highest BCUT2D eigenvalue weighted by Crippen LogP contribution is 2.66. The molecule has 88 valence electrons. The Morgan fingerprint density at radius 1 is 1.27 bits per heavy atom. The van der Waals surface area contributed by atoms with Crippen LogP contribution in [0.2, 0.25) is 0 Å². The standard InChI is InChI=1S/C13H24O2/c1-9(14-5)15-11-8-10-6-7-13(11,4)12(10,2)3/h9-11H,6-8H2,1-5H3.